The first-order chi connectivity index (χ1) is 13.0. The van der Waals surface area contributed by atoms with Crippen LogP contribution in [0.2, 0.25) is 0 Å². The van der Waals surface area contributed by atoms with Crippen molar-refractivity contribution in [1.29, 1.82) is 0 Å². The van der Waals surface area contributed by atoms with E-state index >= 15 is 0 Å². The van der Waals surface area contributed by atoms with E-state index in [-0.39, 0.29) is 6.03 Å². The zero-order valence-corrected chi connectivity index (χ0v) is 14.7. The van der Waals surface area contributed by atoms with Crippen LogP contribution in [0.1, 0.15) is 29.7 Å². The first-order valence-electron chi connectivity index (χ1n) is 8.41. The van der Waals surface area contributed by atoms with Gasteiger partial charge in [-0.25, -0.2) is 23.2 Å². The van der Waals surface area contributed by atoms with Gasteiger partial charge in [0.1, 0.15) is 12.7 Å². The maximum absolute atomic E-state index is 13.3. The fourth-order valence-corrected chi connectivity index (χ4v) is 2.56. The third kappa shape index (κ3) is 5.10. The second-order valence-electron chi connectivity index (χ2n) is 6.13. The minimum Gasteiger partial charge on any atom is -0.334 e. The van der Waals surface area contributed by atoms with Crippen molar-refractivity contribution in [3.05, 3.63) is 83.4 Å². The summed E-state index contributed by atoms with van der Waals surface area (Å²) in [6, 6.07) is 10.5. The lowest BCUT2D eigenvalue weighted by molar-refractivity contribution is 0.237. The minimum atomic E-state index is -0.937. The first kappa shape index (κ1) is 18.5. The number of amides is 2. The van der Waals surface area contributed by atoms with E-state index in [1.165, 1.54) is 12.4 Å². The number of nitrogens with zero attached hydrogens (tertiary/aromatic N) is 3. The quantitative estimate of drug-likeness (QED) is 0.699. The van der Waals surface area contributed by atoms with Gasteiger partial charge in [-0.1, -0.05) is 30.3 Å². The lowest BCUT2D eigenvalue weighted by atomic mass is 10.1. The number of nitrogens with one attached hydrogen (secondary N) is 2. The molecule has 0 saturated heterocycles. The second-order valence-corrected chi connectivity index (χ2v) is 6.13. The van der Waals surface area contributed by atoms with Crippen LogP contribution in [-0.2, 0) is 13.1 Å². The summed E-state index contributed by atoms with van der Waals surface area (Å²) >= 11 is 0. The van der Waals surface area contributed by atoms with Gasteiger partial charge in [-0.05, 0) is 35.7 Å². The average molecular weight is 371 g/mol. The summed E-state index contributed by atoms with van der Waals surface area (Å²) < 4.78 is 28.0. The van der Waals surface area contributed by atoms with Crippen molar-refractivity contribution in [3.8, 4) is 0 Å². The smallest absolute Gasteiger partial charge is 0.315 e. The molecule has 6 nitrogen and oxygen atoms in total. The second kappa shape index (κ2) is 8.39. The van der Waals surface area contributed by atoms with E-state index in [9.17, 15) is 13.6 Å². The minimum absolute atomic E-state index is 0.347. The van der Waals surface area contributed by atoms with Gasteiger partial charge in [-0.15, -0.1) is 0 Å². The highest BCUT2D eigenvalue weighted by atomic mass is 19.2. The van der Waals surface area contributed by atoms with E-state index < -0.39 is 17.7 Å². The molecule has 1 unspecified atom stereocenters. The van der Waals surface area contributed by atoms with Gasteiger partial charge in [-0.2, -0.15) is 5.10 Å². The Hall–Kier alpha value is -3.29. The SMILES string of the molecule is CC(NC(=O)NCc1ccc(Cn2cncn2)cc1)c1ccc(F)c(F)c1. The molecule has 0 radical (unpaired) electrons. The Kier molecular flexibility index (Phi) is 5.75. The molecule has 27 heavy (non-hydrogen) atoms. The molecular weight excluding hydrogens is 352 g/mol. The van der Waals surface area contributed by atoms with Crippen LogP contribution < -0.4 is 10.6 Å². The predicted octanol–water partition coefficient (Wildman–Crippen LogP) is 3.17. The molecule has 0 aliphatic carbocycles. The largest absolute Gasteiger partial charge is 0.334 e. The van der Waals surface area contributed by atoms with E-state index in [4.69, 9.17) is 0 Å². The van der Waals surface area contributed by atoms with Crippen molar-refractivity contribution in [3.63, 3.8) is 0 Å². The molecule has 1 aromatic heterocycles. The van der Waals surface area contributed by atoms with Crippen LogP contribution in [0.3, 0.4) is 0 Å². The summed E-state index contributed by atoms with van der Waals surface area (Å²) in [5.41, 5.74) is 2.50. The number of hydrogen-bond acceptors (Lipinski definition) is 3. The number of aromatic nitrogens is 3. The van der Waals surface area contributed by atoms with E-state index in [1.54, 1.807) is 17.9 Å². The van der Waals surface area contributed by atoms with Crippen molar-refractivity contribution in [1.82, 2.24) is 25.4 Å². The van der Waals surface area contributed by atoms with E-state index in [2.05, 4.69) is 20.7 Å². The van der Waals surface area contributed by atoms with Gasteiger partial charge in [-0.3, -0.25) is 0 Å². The molecule has 140 valence electrons. The Morgan fingerprint density at radius 1 is 1.11 bits per heavy atom. The van der Waals surface area contributed by atoms with Crippen LogP contribution in [0.25, 0.3) is 0 Å². The molecule has 3 aromatic rings. The third-order valence-electron chi connectivity index (χ3n) is 4.08. The fraction of sp³-hybridized carbons (Fsp3) is 0.211. The molecule has 0 bridgehead atoms. The maximum Gasteiger partial charge on any atom is 0.315 e. The van der Waals surface area contributed by atoms with Gasteiger partial charge in [0.25, 0.3) is 0 Å². The Bertz CT molecular complexity index is 897. The molecule has 0 aliphatic rings. The molecule has 2 aromatic carbocycles. The van der Waals surface area contributed by atoms with Crippen LogP contribution in [0.15, 0.2) is 55.1 Å². The summed E-state index contributed by atoms with van der Waals surface area (Å²) in [6.07, 6.45) is 3.13. The molecular formula is C19H19F2N5O. The number of carbonyl (C=O) groups excluding carboxylic acids is 1. The normalized spacial score (nSPS) is 11.8. The zero-order valence-electron chi connectivity index (χ0n) is 14.7. The standard InChI is InChI=1S/C19H19F2N5O/c1-13(16-6-7-17(20)18(21)8-16)25-19(27)23-9-14-2-4-15(5-3-14)10-26-12-22-11-24-26/h2-8,11-13H,9-10H2,1H3,(H2,23,25,27). The lowest BCUT2D eigenvalue weighted by Crippen LogP contribution is -2.36. The number of urea groups is 1. The van der Waals surface area contributed by atoms with Crippen molar-refractivity contribution in [2.45, 2.75) is 26.1 Å². The highest BCUT2D eigenvalue weighted by Crippen LogP contribution is 2.15. The monoisotopic (exact) mass is 371 g/mol. The van der Waals surface area contributed by atoms with Crippen LogP contribution in [-0.4, -0.2) is 20.8 Å². The van der Waals surface area contributed by atoms with Gasteiger partial charge in [0.15, 0.2) is 11.6 Å². The van der Waals surface area contributed by atoms with Crippen molar-refractivity contribution < 1.29 is 13.6 Å². The highest BCUT2D eigenvalue weighted by molar-refractivity contribution is 5.74. The summed E-state index contributed by atoms with van der Waals surface area (Å²) in [6.45, 7) is 2.67. The van der Waals surface area contributed by atoms with Crippen LogP contribution in [0.5, 0.6) is 0 Å². The summed E-state index contributed by atoms with van der Waals surface area (Å²) in [7, 11) is 0. The summed E-state index contributed by atoms with van der Waals surface area (Å²) in [5.74, 6) is -1.85. The van der Waals surface area contributed by atoms with E-state index in [0.717, 1.165) is 23.3 Å². The van der Waals surface area contributed by atoms with Crippen LogP contribution >= 0.6 is 0 Å². The molecule has 8 heteroatoms. The Balaban J connectivity index is 1.49. The first-order valence-corrected chi connectivity index (χ1v) is 8.41. The van der Waals surface area contributed by atoms with Gasteiger partial charge >= 0.3 is 6.03 Å². The average Bonchev–Trinajstić information content (AvgIpc) is 3.16. The number of hydrogen-bond donors (Lipinski definition) is 2. The Morgan fingerprint density at radius 3 is 2.52 bits per heavy atom. The lowest BCUT2D eigenvalue weighted by Gasteiger charge is -2.15. The highest BCUT2D eigenvalue weighted by Gasteiger charge is 2.11. The van der Waals surface area contributed by atoms with Gasteiger partial charge in [0, 0.05) is 6.54 Å². The van der Waals surface area contributed by atoms with Crippen LogP contribution in [0.4, 0.5) is 13.6 Å². The van der Waals surface area contributed by atoms with Gasteiger partial charge in [0.2, 0.25) is 0 Å². The fourth-order valence-electron chi connectivity index (χ4n) is 2.56. The van der Waals surface area contributed by atoms with Gasteiger partial charge < -0.3 is 10.6 Å². The number of rotatable bonds is 6. The Labute approximate surface area is 155 Å². The predicted molar refractivity (Wildman–Crippen MR) is 95.7 cm³/mol. The molecule has 0 fully saturated rings. The van der Waals surface area contributed by atoms with Crippen molar-refractivity contribution in [2.75, 3.05) is 0 Å². The molecule has 0 saturated carbocycles. The third-order valence-corrected chi connectivity index (χ3v) is 4.08. The Morgan fingerprint density at radius 2 is 1.85 bits per heavy atom. The van der Waals surface area contributed by atoms with Crippen molar-refractivity contribution in [2.24, 2.45) is 0 Å². The van der Waals surface area contributed by atoms with E-state index in [1.807, 2.05) is 24.3 Å². The number of halogens is 2. The molecule has 0 aliphatic heterocycles. The zero-order chi connectivity index (χ0) is 19.2. The van der Waals surface area contributed by atoms with Crippen molar-refractivity contribution >= 4 is 6.03 Å². The molecule has 0 spiro atoms. The molecule has 2 N–H and O–H groups in total. The maximum atomic E-state index is 13.3. The summed E-state index contributed by atoms with van der Waals surface area (Å²) in [5, 5.41) is 9.49. The summed E-state index contributed by atoms with van der Waals surface area (Å²) in [4.78, 5) is 15.9. The number of carbonyl (C=O) groups is 1. The molecule has 1 heterocycles. The molecule has 2 amide bonds. The number of benzene rings is 2. The van der Waals surface area contributed by atoms with E-state index in [0.29, 0.717) is 18.7 Å². The topological polar surface area (TPSA) is 71.8 Å². The molecule has 3 rings (SSSR count). The van der Waals surface area contributed by atoms with Gasteiger partial charge in [0.05, 0.1) is 12.6 Å². The molecule has 1 atom stereocenters. The van der Waals surface area contributed by atoms with Crippen LogP contribution in [0, 0.1) is 11.6 Å².